The minimum atomic E-state index is -1.20. The zero-order chi connectivity index (χ0) is 15.6. The lowest BCUT2D eigenvalue weighted by Gasteiger charge is -2.29. The highest BCUT2D eigenvalue weighted by Gasteiger charge is 2.40. The lowest BCUT2D eigenvalue weighted by molar-refractivity contribution is -0.138. The maximum Gasteiger partial charge on any atom is 0.331 e. The van der Waals surface area contributed by atoms with Crippen molar-refractivity contribution in [2.75, 3.05) is 6.54 Å². The number of rotatable bonds is 3. The maximum atomic E-state index is 13.3. The Kier molecular flexibility index (Phi) is 4.16. The number of nitrogens with one attached hydrogen (secondary N) is 1. The van der Waals surface area contributed by atoms with E-state index in [1.54, 1.807) is 6.08 Å². The largest absolute Gasteiger partial charge is 0.331 e. The van der Waals surface area contributed by atoms with Gasteiger partial charge < -0.3 is 0 Å². The predicted molar refractivity (Wildman–Crippen MR) is 73.8 cm³/mol. The average Bonchev–Trinajstić information content (AvgIpc) is 2.37. The Balaban J connectivity index is 2.33. The molecule has 0 aliphatic carbocycles. The van der Waals surface area contributed by atoms with Gasteiger partial charge in [0.1, 0.15) is 11.7 Å². The molecule has 1 unspecified atom stereocenters. The number of halogens is 1. The molecule has 1 heterocycles. The van der Waals surface area contributed by atoms with Crippen LogP contribution in [0.25, 0.3) is 0 Å². The average molecular weight is 290 g/mol. The second kappa shape index (κ2) is 5.87. The SMILES string of the molecule is CC(C)=CCN1C(=O)NC(=O)C(c2cccc(F)c2)C1=O. The topological polar surface area (TPSA) is 66.5 Å². The van der Waals surface area contributed by atoms with Crippen LogP contribution in [0.1, 0.15) is 25.3 Å². The second-order valence-corrected chi connectivity index (χ2v) is 5.01. The molecule has 1 aromatic rings. The third kappa shape index (κ3) is 3.16. The van der Waals surface area contributed by atoms with Gasteiger partial charge in [0, 0.05) is 6.54 Å². The van der Waals surface area contributed by atoms with Gasteiger partial charge in [-0.05, 0) is 31.5 Å². The first-order valence-corrected chi connectivity index (χ1v) is 6.45. The number of imide groups is 2. The fourth-order valence-corrected chi connectivity index (χ4v) is 2.04. The summed E-state index contributed by atoms with van der Waals surface area (Å²) in [6, 6.07) is 4.50. The Morgan fingerprint density at radius 2 is 2.05 bits per heavy atom. The van der Waals surface area contributed by atoms with E-state index in [4.69, 9.17) is 0 Å². The summed E-state index contributed by atoms with van der Waals surface area (Å²) in [6.07, 6.45) is 1.70. The molecule has 1 saturated heterocycles. The van der Waals surface area contributed by atoms with E-state index in [0.29, 0.717) is 0 Å². The van der Waals surface area contributed by atoms with Crippen molar-refractivity contribution in [3.63, 3.8) is 0 Å². The number of hydrogen-bond acceptors (Lipinski definition) is 3. The first-order valence-electron chi connectivity index (χ1n) is 6.45. The van der Waals surface area contributed by atoms with Crippen LogP contribution in [0.2, 0.25) is 0 Å². The van der Waals surface area contributed by atoms with E-state index < -0.39 is 29.6 Å². The molecule has 4 amide bonds. The third-order valence-corrected chi connectivity index (χ3v) is 3.11. The molecule has 1 aromatic carbocycles. The van der Waals surface area contributed by atoms with Crippen molar-refractivity contribution in [1.82, 2.24) is 10.2 Å². The van der Waals surface area contributed by atoms with Crippen LogP contribution in [0.4, 0.5) is 9.18 Å². The summed E-state index contributed by atoms with van der Waals surface area (Å²) in [6.45, 7) is 3.75. The molecule has 0 radical (unpaired) electrons. The van der Waals surface area contributed by atoms with Gasteiger partial charge in [-0.1, -0.05) is 23.8 Å². The molecule has 0 spiro atoms. The van der Waals surface area contributed by atoms with Crippen LogP contribution in [0.5, 0.6) is 0 Å². The summed E-state index contributed by atoms with van der Waals surface area (Å²) in [7, 11) is 0. The van der Waals surface area contributed by atoms with Gasteiger partial charge in [-0.25, -0.2) is 9.18 Å². The number of nitrogens with zero attached hydrogens (tertiary/aromatic N) is 1. The Bertz CT molecular complexity index is 636. The van der Waals surface area contributed by atoms with Gasteiger partial charge in [-0.15, -0.1) is 0 Å². The highest BCUT2D eigenvalue weighted by Crippen LogP contribution is 2.23. The fraction of sp³-hybridized carbons (Fsp3) is 0.267. The van der Waals surface area contributed by atoms with Crippen molar-refractivity contribution in [2.24, 2.45) is 0 Å². The van der Waals surface area contributed by atoms with Gasteiger partial charge in [0.15, 0.2) is 0 Å². The number of benzene rings is 1. The van der Waals surface area contributed by atoms with E-state index in [9.17, 15) is 18.8 Å². The molecule has 110 valence electrons. The molecule has 0 aromatic heterocycles. The number of urea groups is 1. The number of hydrogen-bond donors (Lipinski definition) is 1. The lowest BCUT2D eigenvalue weighted by Crippen LogP contribution is -2.56. The Labute approximate surface area is 121 Å². The van der Waals surface area contributed by atoms with Crippen LogP contribution in [-0.4, -0.2) is 29.3 Å². The zero-order valence-corrected chi connectivity index (χ0v) is 11.7. The van der Waals surface area contributed by atoms with Crippen LogP contribution in [0, 0.1) is 5.82 Å². The van der Waals surface area contributed by atoms with E-state index >= 15 is 0 Å². The van der Waals surface area contributed by atoms with Crippen LogP contribution in [0.15, 0.2) is 35.9 Å². The van der Waals surface area contributed by atoms with Gasteiger partial charge >= 0.3 is 6.03 Å². The molecule has 5 nitrogen and oxygen atoms in total. The van der Waals surface area contributed by atoms with Gasteiger partial charge in [0.05, 0.1) is 0 Å². The van der Waals surface area contributed by atoms with Crippen molar-refractivity contribution >= 4 is 17.8 Å². The number of allylic oxidation sites excluding steroid dienone is 1. The van der Waals surface area contributed by atoms with E-state index in [-0.39, 0.29) is 12.1 Å². The van der Waals surface area contributed by atoms with E-state index in [1.165, 1.54) is 18.2 Å². The summed E-state index contributed by atoms with van der Waals surface area (Å²) in [5.74, 6) is -3.12. The van der Waals surface area contributed by atoms with Crippen molar-refractivity contribution < 1.29 is 18.8 Å². The van der Waals surface area contributed by atoms with Gasteiger partial charge in [-0.2, -0.15) is 0 Å². The minimum absolute atomic E-state index is 0.0755. The summed E-state index contributed by atoms with van der Waals surface area (Å²) in [5.41, 5.74) is 1.17. The molecular weight excluding hydrogens is 275 g/mol. The van der Waals surface area contributed by atoms with E-state index in [1.807, 2.05) is 13.8 Å². The first-order chi connectivity index (χ1) is 9.90. The summed E-state index contributed by atoms with van der Waals surface area (Å²) < 4.78 is 13.3. The normalized spacial score (nSPS) is 18.5. The summed E-state index contributed by atoms with van der Waals surface area (Å²) >= 11 is 0. The van der Waals surface area contributed by atoms with Crippen molar-refractivity contribution in [3.8, 4) is 0 Å². The molecule has 21 heavy (non-hydrogen) atoms. The van der Waals surface area contributed by atoms with Crippen molar-refractivity contribution in [1.29, 1.82) is 0 Å². The smallest absolute Gasteiger partial charge is 0.277 e. The van der Waals surface area contributed by atoms with Gasteiger partial charge in [0.2, 0.25) is 11.8 Å². The predicted octanol–water partition coefficient (Wildman–Crippen LogP) is 1.95. The molecule has 2 rings (SSSR count). The monoisotopic (exact) mass is 290 g/mol. The van der Waals surface area contributed by atoms with Crippen LogP contribution < -0.4 is 5.32 Å². The highest BCUT2D eigenvalue weighted by molar-refractivity contribution is 6.19. The molecule has 1 fully saturated rings. The number of amides is 4. The van der Waals surface area contributed by atoms with Crippen molar-refractivity contribution in [2.45, 2.75) is 19.8 Å². The molecule has 1 N–H and O–H groups in total. The Morgan fingerprint density at radius 1 is 1.33 bits per heavy atom. The highest BCUT2D eigenvalue weighted by atomic mass is 19.1. The van der Waals surface area contributed by atoms with Gasteiger partial charge in [0.25, 0.3) is 0 Å². The molecule has 1 aliphatic rings. The fourth-order valence-electron chi connectivity index (χ4n) is 2.04. The number of barbiturate groups is 1. The molecule has 0 bridgehead atoms. The Morgan fingerprint density at radius 3 is 2.67 bits per heavy atom. The first kappa shape index (κ1) is 14.9. The lowest BCUT2D eigenvalue weighted by atomic mass is 9.95. The Hall–Kier alpha value is -2.50. The zero-order valence-electron chi connectivity index (χ0n) is 11.7. The third-order valence-electron chi connectivity index (χ3n) is 3.11. The quantitative estimate of drug-likeness (QED) is 0.683. The molecule has 0 saturated carbocycles. The van der Waals surface area contributed by atoms with E-state index in [2.05, 4.69) is 5.32 Å². The maximum absolute atomic E-state index is 13.3. The van der Waals surface area contributed by atoms with Crippen LogP contribution in [0.3, 0.4) is 0 Å². The number of carbonyl (C=O) groups is 3. The molecule has 1 aliphatic heterocycles. The van der Waals surface area contributed by atoms with Crippen LogP contribution in [-0.2, 0) is 9.59 Å². The molecule has 1 atom stereocenters. The summed E-state index contributed by atoms with van der Waals surface area (Å²) in [4.78, 5) is 36.9. The molecular formula is C15H15FN2O3. The minimum Gasteiger partial charge on any atom is -0.277 e. The van der Waals surface area contributed by atoms with E-state index in [0.717, 1.165) is 16.5 Å². The van der Waals surface area contributed by atoms with Crippen LogP contribution >= 0.6 is 0 Å². The molecule has 6 heteroatoms. The summed E-state index contributed by atoms with van der Waals surface area (Å²) in [5, 5.41) is 2.13. The standard InChI is InChI=1S/C15H15FN2O3/c1-9(2)6-7-18-14(20)12(13(19)17-15(18)21)10-4-3-5-11(16)8-10/h3-6,8,12H,7H2,1-2H3,(H,17,19,21). The van der Waals surface area contributed by atoms with Gasteiger partial charge in [-0.3, -0.25) is 19.8 Å². The van der Waals surface area contributed by atoms with Crippen molar-refractivity contribution in [3.05, 3.63) is 47.3 Å². The second-order valence-electron chi connectivity index (χ2n) is 5.01. The number of carbonyl (C=O) groups excluding carboxylic acids is 3.